The van der Waals surface area contributed by atoms with Crippen LogP contribution in [0.4, 0.5) is 13.2 Å². The third-order valence-corrected chi connectivity index (χ3v) is 16.4. The third kappa shape index (κ3) is 9.74. The highest BCUT2D eigenvalue weighted by Crippen LogP contribution is 2.58. The first-order chi connectivity index (χ1) is 25.0. The van der Waals surface area contributed by atoms with Gasteiger partial charge in [0.1, 0.15) is 6.23 Å². The van der Waals surface area contributed by atoms with Crippen molar-refractivity contribution in [2.45, 2.75) is 175 Å². The van der Waals surface area contributed by atoms with Crippen molar-refractivity contribution in [2.75, 3.05) is 13.2 Å². The predicted molar refractivity (Wildman–Crippen MR) is 207 cm³/mol. The molecule has 6 aliphatic rings. The van der Waals surface area contributed by atoms with E-state index < -0.39 is 18.3 Å². The number of hydrogen-bond donors (Lipinski definition) is 2. The van der Waals surface area contributed by atoms with Crippen LogP contribution in [0.15, 0.2) is 23.8 Å². The first-order valence-corrected chi connectivity index (χ1v) is 22.4. The van der Waals surface area contributed by atoms with E-state index >= 15 is 0 Å². The summed E-state index contributed by atoms with van der Waals surface area (Å²) in [5.74, 6) is 4.68. The fraction of sp³-hybridized carbons (Fsp3) is 0.913. The van der Waals surface area contributed by atoms with Gasteiger partial charge in [0.2, 0.25) is 0 Å². The summed E-state index contributed by atoms with van der Waals surface area (Å²) in [6.07, 6.45) is 18.6. The van der Waals surface area contributed by atoms with E-state index in [2.05, 4.69) is 39.1 Å². The van der Waals surface area contributed by atoms with Gasteiger partial charge in [0.05, 0.1) is 19.1 Å². The number of aliphatic hydroxyl groups excluding tert-OH is 1. The molecule has 0 aromatic heterocycles. The predicted octanol–water partition coefficient (Wildman–Crippen LogP) is 12.3. The molecular formula is C46H76F3NO2. The zero-order valence-electron chi connectivity index (χ0n) is 33.5. The van der Waals surface area contributed by atoms with Crippen LogP contribution in [0.5, 0.6) is 0 Å². The van der Waals surface area contributed by atoms with Crippen LogP contribution in [0.3, 0.4) is 0 Å². The Labute approximate surface area is 316 Å². The number of aliphatic hydroxyl groups is 1. The molecule has 298 valence electrons. The maximum Gasteiger partial charge on any atom is 0.392 e. The Morgan fingerprint density at radius 2 is 1.60 bits per heavy atom. The molecule has 0 radical (unpaired) electrons. The number of allylic oxidation sites excluding steroid dienone is 1. The lowest BCUT2D eigenvalue weighted by molar-refractivity contribution is -0.200. The lowest BCUT2D eigenvalue weighted by Gasteiger charge is -2.44. The summed E-state index contributed by atoms with van der Waals surface area (Å²) >= 11 is 0. The lowest BCUT2D eigenvalue weighted by atomic mass is 9.63. The molecule has 5 saturated carbocycles. The van der Waals surface area contributed by atoms with Crippen LogP contribution in [0.2, 0.25) is 0 Å². The second kappa shape index (κ2) is 18.4. The number of alkyl halides is 3. The summed E-state index contributed by atoms with van der Waals surface area (Å²) in [5, 5.41) is 15.1. The van der Waals surface area contributed by atoms with Crippen molar-refractivity contribution < 1.29 is 23.0 Å². The lowest BCUT2D eigenvalue weighted by Crippen LogP contribution is -2.50. The molecule has 5 fully saturated rings. The van der Waals surface area contributed by atoms with Crippen LogP contribution in [-0.2, 0) is 4.74 Å². The summed E-state index contributed by atoms with van der Waals surface area (Å²) < 4.78 is 49.6. The van der Waals surface area contributed by atoms with Gasteiger partial charge in [-0.05, 0) is 142 Å². The molecule has 0 saturated heterocycles. The quantitative estimate of drug-likeness (QED) is 0.164. The average molecular weight is 732 g/mol. The molecule has 13 atom stereocenters. The summed E-state index contributed by atoms with van der Waals surface area (Å²) in [4.78, 5) is 0. The second-order valence-electron chi connectivity index (χ2n) is 19.3. The minimum absolute atomic E-state index is 0.103. The molecule has 2 N–H and O–H groups in total. The Bertz CT molecular complexity index is 1160. The molecule has 1 aliphatic heterocycles. The highest BCUT2D eigenvalue weighted by atomic mass is 19.4. The van der Waals surface area contributed by atoms with Gasteiger partial charge in [-0.3, -0.25) is 5.32 Å². The Morgan fingerprint density at radius 1 is 0.865 bits per heavy atom. The fourth-order valence-electron chi connectivity index (χ4n) is 13.1. The monoisotopic (exact) mass is 732 g/mol. The van der Waals surface area contributed by atoms with Crippen molar-refractivity contribution in [2.24, 2.45) is 76.9 Å². The molecule has 0 bridgehead atoms. The van der Waals surface area contributed by atoms with Crippen molar-refractivity contribution in [1.29, 1.82) is 0 Å². The van der Waals surface area contributed by atoms with Gasteiger partial charge < -0.3 is 9.84 Å². The number of hydrogen-bond acceptors (Lipinski definition) is 3. The number of nitrogens with one attached hydrogen (secondary N) is 1. The maximum atomic E-state index is 14.5. The molecule has 5 aliphatic carbocycles. The smallest absolute Gasteiger partial charge is 0.381 e. The van der Waals surface area contributed by atoms with Crippen LogP contribution in [-0.4, -0.2) is 36.8 Å². The van der Waals surface area contributed by atoms with Crippen molar-refractivity contribution in [3.05, 3.63) is 23.8 Å². The molecule has 1 heterocycles. The first kappa shape index (κ1) is 40.8. The van der Waals surface area contributed by atoms with E-state index in [1.807, 2.05) is 0 Å². The van der Waals surface area contributed by atoms with Crippen LogP contribution in [0.1, 0.15) is 156 Å². The van der Waals surface area contributed by atoms with E-state index in [-0.39, 0.29) is 24.3 Å². The Morgan fingerprint density at radius 3 is 2.31 bits per heavy atom. The Hall–Kier alpha value is -0.850. The van der Waals surface area contributed by atoms with E-state index in [4.69, 9.17) is 11.3 Å². The van der Waals surface area contributed by atoms with Crippen molar-refractivity contribution >= 4 is 0 Å². The van der Waals surface area contributed by atoms with Crippen molar-refractivity contribution in [3.8, 4) is 0 Å². The highest BCUT2D eigenvalue weighted by molar-refractivity contribution is 5.20. The van der Waals surface area contributed by atoms with Gasteiger partial charge in [-0.1, -0.05) is 103 Å². The van der Waals surface area contributed by atoms with Gasteiger partial charge in [-0.15, -0.1) is 0 Å². The molecule has 52 heavy (non-hydrogen) atoms. The van der Waals surface area contributed by atoms with Crippen LogP contribution < -0.4 is 5.32 Å². The summed E-state index contributed by atoms with van der Waals surface area (Å²) in [6.45, 7) is 15.8. The van der Waals surface area contributed by atoms with Crippen LogP contribution in [0, 0.1) is 76.9 Å². The summed E-state index contributed by atoms with van der Waals surface area (Å²) in [5.41, 5.74) is 3.11. The van der Waals surface area contributed by atoms with Gasteiger partial charge in [0.25, 0.3) is 0 Å². The van der Waals surface area contributed by atoms with Crippen LogP contribution in [0.25, 0.3) is 0 Å². The van der Waals surface area contributed by atoms with Gasteiger partial charge in [0.15, 0.2) is 0 Å². The van der Waals surface area contributed by atoms with E-state index in [0.717, 1.165) is 64.1 Å². The minimum Gasteiger partial charge on any atom is -0.381 e. The molecule has 6 heteroatoms. The van der Waals surface area contributed by atoms with Crippen molar-refractivity contribution in [1.82, 2.24) is 5.32 Å². The zero-order valence-corrected chi connectivity index (χ0v) is 33.5. The van der Waals surface area contributed by atoms with Crippen LogP contribution >= 0.6 is 0 Å². The zero-order chi connectivity index (χ0) is 37.0. The van der Waals surface area contributed by atoms with E-state index in [9.17, 15) is 18.3 Å². The topological polar surface area (TPSA) is 41.5 Å². The SMILES string of the molecule is C=C1C(C)C(C2CC(C(O)NC3CCC(CCC4CCC(CCC)CC4)C(C(F)(F)F)C3)CCC2C)C2CCC(C3=CC(CC)COCC3)CCC12. The molecule has 13 unspecified atom stereocenters. The summed E-state index contributed by atoms with van der Waals surface area (Å²) in [7, 11) is 0. The van der Waals surface area contributed by atoms with Gasteiger partial charge in [-0.2, -0.15) is 13.2 Å². The maximum absolute atomic E-state index is 14.5. The number of ether oxygens (including phenoxy) is 1. The molecule has 0 aromatic rings. The molecule has 0 amide bonds. The van der Waals surface area contributed by atoms with Crippen molar-refractivity contribution in [3.63, 3.8) is 0 Å². The highest BCUT2D eigenvalue weighted by Gasteiger charge is 2.51. The standard InChI is InChI=1S/C46H76F3NO2/c1-6-8-33-10-12-34(13-11-33)14-16-36-17-20-39(27-43(36)46(47,48)49)50-45(51)38-15-9-29(3)42(26-38)44-31(5)30(4)40-21-18-35(19-22-41(40)44)37-23-24-52-28-32(7-2)25-37/h25,29,31-36,38-45,50-51H,4,6-24,26-28H2,1-3,5H3. The Balaban J connectivity index is 1.04. The second-order valence-corrected chi connectivity index (χ2v) is 19.3. The number of halogens is 3. The number of rotatable bonds is 11. The Kier molecular flexibility index (Phi) is 14.4. The summed E-state index contributed by atoms with van der Waals surface area (Å²) in [6, 6.07) is -0.260. The third-order valence-electron chi connectivity index (χ3n) is 16.4. The molecule has 6 rings (SSSR count). The normalized spacial score (nSPS) is 42.9. The molecular weight excluding hydrogens is 656 g/mol. The number of fused-ring (bicyclic) bond motifs is 1. The molecule has 3 nitrogen and oxygen atoms in total. The van der Waals surface area contributed by atoms with E-state index in [0.29, 0.717) is 66.1 Å². The first-order valence-electron chi connectivity index (χ1n) is 22.4. The van der Waals surface area contributed by atoms with Gasteiger partial charge in [-0.25, -0.2) is 0 Å². The van der Waals surface area contributed by atoms with Gasteiger partial charge in [0, 0.05) is 12.0 Å². The largest absolute Gasteiger partial charge is 0.392 e. The van der Waals surface area contributed by atoms with E-state index in [1.165, 1.54) is 69.8 Å². The molecule has 0 spiro atoms. The minimum atomic E-state index is -4.17. The van der Waals surface area contributed by atoms with E-state index in [1.54, 1.807) is 5.57 Å². The molecule has 0 aromatic carbocycles. The average Bonchev–Trinajstić information content (AvgIpc) is 3.37. The fourth-order valence-corrected chi connectivity index (χ4v) is 13.1. The van der Waals surface area contributed by atoms with Gasteiger partial charge >= 0.3 is 6.18 Å².